The van der Waals surface area contributed by atoms with Gasteiger partial charge in [-0.2, -0.15) is 0 Å². The molecule has 8 unspecified atom stereocenters. The molecule has 17 N–H and O–H groups in total. The molecule has 28 nitrogen and oxygen atoms in total. The van der Waals surface area contributed by atoms with Gasteiger partial charge in [-0.1, -0.05) is 0 Å². The van der Waals surface area contributed by atoms with E-state index in [0.717, 1.165) is 19.9 Å². The van der Waals surface area contributed by atoms with Crippen molar-refractivity contribution in [3.8, 4) is 17.0 Å². The Bertz CT molecular complexity index is 2360. The molecule has 0 radical (unpaired) electrons. The van der Waals surface area contributed by atoms with Crippen LogP contribution < -0.4 is 59.4 Å². The number of primary amides is 1. The molecule has 0 aromatic rings. The fourth-order valence-corrected chi connectivity index (χ4v) is 7.48. The van der Waals surface area contributed by atoms with Crippen LogP contribution in [0.1, 0.15) is 78.2 Å². The summed E-state index contributed by atoms with van der Waals surface area (Å²) in [6.45, 7) is 3.91. The van der Waals surface area contributed by atoms with Gasteiger partial charge in [0.15, 0.2) is 11.9 Å². The number of fused-ring (bicyclic) bond motifs is 3. The van der Waals surface area contributed by atoms with Crippen molar-refractivity contribution in [3.63, 3.8) is 0 Å². The number of aliphatic carboxylic acids is 1. The van der Waals surface area contributed by atoms with E-state index in [-0.39, 0.29) is 81.8 Å². The number of amides is 9. The van der Waals surface area contributed by atoms with Gasteiger partial charge in [-0.25, -0.2) is 9.86 Å². The third-order valence-corrected chi connectivity index (χ3v) is 11.4. The number of nitrogens with zero attached hydrogens (tertiary/aromatic N) is 2. The first-order chi connectivity index (χ1) is 32.9. The number of rotatable bonds is 23. The maximum absolute atomic E-state index is 13.6. The fourth-order valence-electron chi connectivity index (χ4n) is 7.48. The van der Waals surface area contributed by atoms with Gasteiger partial charge in [0.1, 0.15) is 42.1 Å². The minimum atomic E-state index is -2.54. The number of carboxylic acids is 1. The van der Waals surface area contributed by atoms with Crippen LogP contribution in [0.25, 0.3) is 11.3 Å². The summed E-state index contributed by atoms with van der Waals surface area (Å²) in [5.41, 5.74) is 11.3. The number of piperidine rings is 1. The van der Waals surface area contributed by atoms with Crippen molar-refractivity contribution in [1.82, 2.24) is 41.5 Å². The molecule has 0 saturated carbocycles. The van der Waals surface area contributed by atoms with E-state index in [1.807, 2.05) is 0 Å². The van der Waals surface area contributed by atoms with Crippen molar-refractivity contribution in [2.24, 2.45) is 11.5 Å². The lowest BCUT2D eigenvalue weighted by atomic mass is 10.0. The second-order valence-corrected chi connectivity index (χ2v) is 16.9. The molecule has 4 rings (SSSR count). The SMILES string of the molecule is CC(NC(=O)C(NC(=O)C(C)NC(=O)C(NC(=O)C(N)CCCCNC(=O)[C@H]1CCNc2c(NC(=O)CCC(N)=O)cc3cc(O)c(=O)cc-3n21)C(O)C(=O)O)C(C)O)C(=O)NC1CCCN(O)C1=O. The number of benzene rings is 1. The summed E-state index contributed by atoms with van der Waals surface area (Å²) < 4.78 is 1.51. The number of aliphatic hydroxyl groups is 2. The molecular weight excluding hydrogens is 929 g/mol. The maximum Gasteiger partial charge on any atom is 0.335 e. The largest absolute Gasteiger partial charge is 0.504 e. The predicted molar refractivity (Wildman–Crippen MR) is 242 cm³/mol. The van der Waals surface area contributed by atoms with Gasteiger partial charge in [-0.15, -0.1) is 0 Å². The molecule has 4 aliphatic rings. The predicted octanol–water partition coefficient (Wildman–Crippen LogP) is -4.87. The standard InChI is InChI=1S/C42H60N12O16/c1-18(35(61)50-23-8-6-14-53(70)41(23)67)47-39(65)31(20(3)55)51-36(62)19(2)48-40(66)32(33(60)42(68)69)52-37(63)22(43)7-4-5-12-46-38(64)25-11-13-45-34-24(49-30(59)10-9-29(44)58)15-21-16-27(56)28(57)17-26(21)54(25)34/h15-20,22-23,25,31-33,45,55-56,60,70H,4-14,43H2,1-3H3,(H2,44,58)(H,46,64)(H,47,65)(H,48,66)(H,49,59)(H,50,61)(H,51,62)(H,52,63)(H,68,69)/t18?,19?,20?,22?,23?,25-,31?,32?,33?/m1/s1. The number of carbonyl (C=O) groups excluding carboxylic acids is 9. The first-order valence-electron chi connectivity index (χ1n) is 22.3. The van der Waals surface area contributed by atoms with Crippen LogP contribution in [-0.4, -0.2) is 162 Å². The van der Waals surface area contributed by atoms with Gasteiger partial charge >= 0.3 is 5.97 Å². The van der Waals surface area contributed by atoms with Crippen molar-refractivity contribution in [2.45, 2.75) is 127 Å². The molecule has 70 heavy (non-hydrogen) atoms. The van der Waals surface area contributed by atoms with E-state index in [1.165, 1.54) is 23.6 Å². The number of phenols is 1. The average molecular weight is 989 g/mol. The smallest absolute Gasteiger partial charge is 0.335 e. The molecule has 1 aliphatic carbocycles. The molecule has 28 heteroatoms. The lowest BCUT2D eigenvalue weighted by Gasteiger charge is -2.34. The van der Waals surface area contributed by atoms with Crippen LogP contribution in [0.2, 0.25) is 0 Å². The number of phenolic OH excluding ortho intramolecular Hbond substituents is 1. The fraction of sp³-hybridized carbons (Fsp3) is 0.548. The average Bonchev–Trinajstić information content (AvgIpc) is 3.30. The van der Waals surface area contributed by atoms with Crippen molar-refractivity contribution in [2.75, 3.05) is 30.3 Å². The highest BCUT2D eigenvalue weighted by molar-refractivity contribution is 5.99. The quantitative estimate of drug-likeness (QED) is 0.0367. The highest BCUT2D eigenvalue weighted by atomic mass is 16.5. The Hall–Kier alpha value is -7.43. The number of hydrogen-bond donors (Lipinski definition) is 15. The minimum Gasteiger partial charge on any atom is -0.504 e. The third-order valence-electron chi connectivity index (χ3n) is 11.4. The number of pyridine rings is 1. The van der Waals surface area contributed by atoms with E-state index >= 15 is 0 Å². The molecule has 0 aromatic carbocycles. The summed E-state index contributed by atoms with van der Waals surface area (Å²) in [7, 11) is 0. The van der Waals surface area contributed by atoms with Crippen molar-refractivity contribution in [1.29, 1.82) is 0 Å². The van der Waals surface area contributed by atoms with E-state index in [1.54, 1.807) is 0 Å². The summed E-state index contributed by atoms with van der Waals surface area (Å²) in [5, 5.41) is 70.1. The molecule has 0 bridgehead atoms. The Balaban J connectivity index is 1.31. The number of aromatic nitrogens is 1. The van der Waals surface area contributed by atoms with E-state index in [0.29, 0.717) is 17.0 Å². The first-order valence-corrected chi connectivity index (χ1v) is 22.3. The molecule has 0 spiro atoms. The zero-order chi connectivity index (χ0) is 52.1. The Kier molecular flexibility index (Phi) is 19.5. The van der Waals surface area contributed by atoms with Gasteiger partial charge in [0.2, 0.25) is 52.7 Å². The van der Waals surface area contributed by atoms with Crippen LogP contribution in [0.3, 0.4) is 0 Å². The zero-order valence-electron chi connectivity index (χ0n) is 38.5. The molecule has 3 aliphatic heterocycles. The number of hydroxylamine groups is 2. The summed E-state index contributed by atoms with van der Waals surface area (Å²) >= 11 is 0. The monoisotopic (exact) mass is 988 g/mol. The normalized spacial score (nSPS) is 18.4. The topological polar surface area (TPSA) is 445 Å². The highest BCUT2D eigenvalue weighted by Gasteiger charge is 2.38. The zero-order valence-corrected chi connectivity index (χ0v) is 38.5. The number of aliphatic hydroxyl groups excluding tert-OH is 2. The number of unbranched alkanes of at least 4 members (excludes halogenated alkanes) is 1. The van der Waals surface area contributed by atoms with Crippen LogP contribution in [0, 0.1) is 0 Å². The van der Waals surface area contributed by atoms with Crippen molar-refractivity contribution >= 4 is 70.6 Å². The van der Waals surface area contributed by atoms with Gasteiger partial charge in [-0.05, 0) is 71.4 Å². The Morgan fingerprint density at radius 2 is 1.47 bits per heavy atom. The van der Waals surface area contributed by atoms with Gasteiger partial charge < -0.3 is 79.0 Å². The number of nitrogens with two attached hydrogens (primary N) is 2. The van der Waals surface area contributed by atoms with Gasteiger partial charge in [-0.3, -0.25) is 53.2 Å². The lowest BCUT2D eigenvalue weighted by molar-refractivity contribution is -0.173. The van der Waals surface area contributed by atoms with Crippen LogP contribution >= 0.6 is 0 Å². The van der Waals surface area contributed by atoms with Crippen molar-refractivity contribution < 1.29 is 73.6 Å². The van der Waals surface area contributed by atoms with Crippen LogP contribution in [0.15, 0.2) is 23.0 Å². The number of carbonyl (C=O) groups is 10. The first kappa shape index (κ1) is 55.2. The molecule has 1 saturated heterocycles. The van der Waals surface area contributed by atoms with E-state index < -0.39 is 125 Å². The number of hydrogen-bond acceptors (Lipinski definition) is 17. The molecular formula is C42H60N12O16. The second kappa shape index (κ2) is 24.7. The Labute approximate surface area is 398 Å². The molecule has 9 amide bonds. The van der Waals surface area contributed by atoms with Gasteiger partial charge in [0.05, 0.1) is 23.5 Å². The van der Waals surface area contributed by atoms with Crippen LogP contribution in [0.4, 0.5) is 11.5 Å². The summed E-state index contributed by atoms with van der Waals surface area (Å²) in [6, 6.07) is -6.28. The number of nitrogens with one attached hydrogen (secondary N) is 8. The maximum atomic E-state index is 13.6. The Morgan fingerprint density at radius 1 is 0.829 bits per heavy atom. The second-order valence-electron chi connectivity index (χ2n) is 16.9. The summed E-state index contributed by atoms with van der Waals surface area (Å²) in [5.74, 6) is -10.1. The third kappa shape index (κ3) is 14.5. The summed E-state index contributed by atoms with van der Waals surface area (Å²) in [4.78, 5) is 139. The Morgan fingerprint density at radius 3 is 2.11 bits per heavy atom. The number of carboxylic acid groups (broad SMARTS) is 1. The van der Waals surface area contributed by atoms with Crippen LogP contribution in [-0.2, 0) is 47.9 Å². The van der Waals surface area contributed by atoms with Crippen molar-refractivity contribution in [3.05, 3.63) is 28.4 Å². The molecule has 9 atom stereocenters. The molecule has 0 aromatic heterocycles. The highest BCUT2D eigenvalue weighted by Crippen LogP contribution is 2.39. The van der Waals surface area contributed by atoms with E-state index in [4.69, 9.17) is 11.5 Å². The van der Waals surface area contributed by atoms with Gasteiger partial charge in [0, 0.05) is 44.1 Å². The summed E-state index contributed by atoms with van der Waals surface area (Å²) in [6.07, 6.45) is -3.30. The molecule has 3 heterocycles. The minimum absolute atomic E-state index is 0.0592. The number of aromatic hydroxyl groups is 1. The lowest BCUT2D eigenvalue weighted by Crippen LogP contribution is -2.62. The van der Waals surface area contributed by atoms with Crippen LogP contribution in [0.5, 0.6) is 5.75 Å². The van der Waals surface area contributed by atoms with E-state index in [9.17, 15) is 78.4 Å². The van der Waals surface area contributed by atoms with E-state index in [2.05, 4.69) is 42.5 Å². The van der Waals surface area contributed by atoms with Gasteiger partial charge in [0.25, 0.3) is 5.91 Å². The molecule has 1 fully saturated rings. The number of anilines is 2. The molecule has 384 valence electrons.